The summed E-state index contributed by atoms with van der Waals surface area (Å²) in [6.45, 7) is 9.34. The van der Waals surface area contributed by atoms with Crippen LogP contribution in [-0.2, 0) is 6.54 Å². The monoisotopic (exact) mass is 221 g/mol. The van der Waals surface area contributed by atoms with Crippen LogP contribution in [0.4, 0.5) is 5.69 Å². The molecule has 0 fully saturated rings. The minimum absolute atomic E-state index is 0.896. The summed E-state index contributed by atoms with van der Waals surface area (Å²) in [6.07, 6.45) is 3.15. The third-order valence-electron chi connectivity index (χ3n) is 2.63. The van der Waals surface area contributed by atoms with E-state index >= 15 is 0 Å². The Bertz CT molecular complexity index is 323. The summed E-state index contributed by atoms with van der Waals surface area (Å²) < 4.78 is 0. The number of aromatic nitrogens is 1. The average Bonchev–Trinajstić information content (AvgIpc) is 2.27. The van der Waals surface area contributed by atoms with Crippen molar-refractivity contribution in [2.45, 2.75) is 33.7 Å². The first-order chi connectivity index (χ1) is 7.69. The molecular weight excluding hydrogens is 198 g/mol. The molecule has 0 spiro atoms. The van der Waals surface area contributed by atoms with Crippen molar-refractivity contribution in [1.82, 2.24) is 10.3 Å². The lowest BCUT2D eigenvalue weighted by Gasteiger charge is -2.22. The fourth-order valence-electron chi connectivity index (χ4n) is 1.78. The summed E-state index contributed by atoms with van der Waals surface area (Å²) in [7, 11) is 2.15. The van der Waals surface area contributed by atoms with Crippen LogP contribution < -0.4 is 10.2 Å². The standard InChI is InChI=1S/C13H23N3/c1-5-7-16(4)13-8-11(3)15-10-12(13)9-14-6-2/h8,10,14H,5-7,9H2,1-4H3. The molecule has 1 rings (SSSR count). The van der Waals surface area contributed by atoms with E-state index in [1.807, 2.05) is 13.1 Å². The largest absolute Gasteiger partial charge is 0.374 e. The van der Waals surface area contributed by atoms with Gasteiger partial charge in [-0.25, -0.2) is 0 Å². The highest BCUT2D eigenvalue weighted by Crippen LogP contribution is 2.19. The number of nitrogens with zero attached hydrogens (tertiary/aromatic N) is 2. The maximum atomic E-state index is 4.37. The zero-order chi connectivity index (χ0) is 12.0. The maximum absolute atomic E-state index is 4.37. The van der Waals surface area contributed by atoms with Gasteiger partial charge in [-0.05, 0) is 26.0 Å². The van der Waals surface area contributed by atoms with Crippen molar-refractivity contribution in [3.63, 3.8) is 0 Å². The number of pyridine rings is 1. The molecule has 0 amide bonds. The molecule has 3 nitrogen and oxygen atoms in total. The van der Waals surface area contributed by atoms with Gasteiger partial charge in [-0.15, -0.1) is 0 Å². The molecule has 90 valence electrons. The predicted octanol–water partition coefficient (Wildman–Crippen LogP) is 2.35. The molecule has 0 atom stereocenters. The first-order valence-corrected chi connectivity index (χ1v) is 6.06. The molecule has 0 unspecified atom stereocenters. The normalized spacial score (nSPS) is 10.5. The van der Waals surface area contributed by atoms with Gasteiger partial charge in [-0.1, -0.05) is 13.8 Å². The topological polar surface area (TPSA) is 28.2 Å². The Labute approximate surface area is 98.9 Å². The van der Waals surface area contributed by atoms with Crippen LogP contribution in [0.1, 0.15) is 31.5 Å². The summed E-state index contributed by atoms with van der Waals surface area (Å²) in [5.41, 5.74) is 3.66. The minimum atomic E-state index is 0.896. The van der Waals surface area contributed by atoms with Crippen molar-refractivity contribution in [2.24, 2.45) is 0 Å². The quantitative estimate of drug-likeness (QED) is 0.799. The van der Waals surface area contributed by atoms with Crippen LogP contribution >= 0.6 is 0 Å². The van der Waals surface area contributed by atoms with E-state index in [1.165, 1.54) is 17.7 Å². The van der Waals surface area contributed by atoms with Gasteiger partial charge in [-0.3, -0.25) is 4.98 Å². The molecule has 16 heavy (non-hydrogen) atoms. The van der Waals surface area contributed by atoms with E-state index < -0.39 is 0 Å². The molecule has 0 bridgehead atoms. The van der Waals surface area contributed by atoms with Crippen LogP contribution in [0.2, 0.25) is 0 Å². The van der Waals surface area contributed by atoms with Crippen LogP contribution in [-0.4, -0.2) is 25.1 Å². The van der Waals surface area contributed by atoms with E-state index in [9.17, 15) is 0 Å². The van der Waals surface area contributed by atoms with Gasteiger partial charge < -0.3 is 10.2 Å². The molecule has 0 saturated carbocycles. The fraction of sp³-hybridized carbons (Fsp3) is 0.615. The zero-order valence-corrected chi connectivity index (χ0v) is 10.9. The summed E-state index contributed by atoms with van der Waals surface area (Å²) in [5, 5.41) is 3.35. The summed E-state index contributed by atoms with van der Waals surface area (Å²) >= 11 is 0. The first kappa shape index (κ1) is 13.0. The van der Waals surface area contributed by atoms with Crippen molar-refractivity contribution in [3.05, 3.63) is 23.5 Å². The third-order valence-corrected chi connectivity index (χ3v) is 2.63. The van der Waals surface area contributed by atoms with E-state index in [2.05, 4.69) is 42.2 Å². The lowest BCUT2D eigenvalue weighted by Crippen LogP contribution is -2.22. The van der Waals surface area contributed by atoms with Gasteiger partial charge in [-0.2, -0.15) is 0 Å². The highest BCUT2D eigenvalue weighted by molar-refractivity contribution is 5.52. The van der Waals surface area contributed by atoms with Crippen LogP contribution in [0.15, 0.2) is 12.3 Å². The Morgan fingerprint density at radius 1 is 1.38 bits per heavy atom. The SMILES string of the molecule is CCCN(C)c1cc(C)ncc1CNCC. The van der Waals surface area contributed by atoms with Gasteiger partial charge >= 0.3 is 0 Å². The highest BCUT2D eigenvalue weighted by atomic mass is 15.1. The third kappa shape index (κ3) is 3.49. The second kappa shape index (κ2) is 6.48. The second-order valence-corrected chi connectivity index (χ2v) is 4.16. The fourth-order valence-corrected chi connectivity index (χ4v) is 1.78. The Hall–Kier alpha value is -1.09. The Morgan fingerprint density at radius 2 is 2.12 bits per heavy atom. The lowest BCUT2D eigenvalue weighted by molar-refractivity contribution is 0.718. The number of rotatable bonds is 6. The van der Waals surface area contributed by atoms with Gasteiger partial charge in [0.15, 0.2) is 0 Å². The Kier molecular flexibility index (Phi) is 5.26. The number of nitrogens with one attached hydrogen (secondary N) is 1. The molecule has 0 aliphatic rings. The van der Waals surface area contributed by atoms with Gasteiger partial charge in [0.2, 0.25) is 0 Å². The number of hydrogen-bond acceptors (Lipinski definition) is 3. The van der Waals surface area contributed by atoms with E-state index in [0.29, 0.717) is 0 Å². The van der Waals surface area contributed by atoms with Crippen LogP contribution in [0.5, 0.6) is 0 Å². The summed E-state index contributed by atoms with van der Waals surface area (Å²) in [5.74, 6) is 0. The molecular formula is C13H23N3. The highest BCUT2D eigenvalue weighted by Gasteiger charge is 2.07. The predicted molar refractivity (Wildman–Crippen MR) is 69.9 cm³/mol. The molecule has 0 radical (unpaired) electrons. The Balaban J connectivity index is 2.88. The average molecular weight is 221 g/mol. The Morgan fingerprint density at radius 3 is 2.75 bits per heavy atom. The van der Waals surface area contributed by atoms with Crippen molar-refractivity contribution in [1.29, 1.82) is 0 Å². The summed E-state index contributed by atoms with van der Waals surface area (Å²) in [6, 6.07) is 2.17. The van der Waals surface area contributed by atoms with Crippen molar-refractivity contribution in [3.8, 4) is 0 Å². The van der Waals surface area contributed by atoms with E-state index in [-0.39, 0.29) is 0 Å². The number of aryl methyl sites for hydroxylation is 1. The molecule has 3 heteroatoms. The minimum Gasteiger partial charge on any atom is -0.374 e. The molecule has 0 aliphatic heterocycles. The van der Waals surface area contributed by atoms with E-state index in [1.54, 1.807) is 0 Å². The van der Waals surface area contributed by atoms with Gasteiger partial charge in [0, 0.05) is 43.3 Å². The molecule has 1 N–H and O–H groups in total. The van der Waals surface area contributed by atoms with Gasteiger partial charge in [0.25, 0.3) is 0 Å². The van der Waals surface area contributed by atoms with Gasteiger partial charge in [0.05, 0.1) is 0 Å². The molecule has 0 saturated heterocycles. The van der Waals surface area contributed by atoms with Gasteiger partial charge in [0.1, 0.15) is 0 Å². The van der Waals surface area contributed by atoms with Crippen molar-refractivity contribution in [2.75, 3.05) is 25.0 Å². The van der Waals surface area contributed by atoms with Crippen molar-refractivity contribution >= 4 is 5.69 Å². The smallest absolute Gasteiger partial charge is 0.0442 e. The van der Waals surface area contributed by atoms with Crippen LogP contribution in [0, 0.1) is 6.92 Å². The zero-order valence-electron chi connectivity index (χ0n) is 10.9. The maximum Gasteiger partial charge on any atom is 0.0442 e. The molecule has 1 aromatic heterocycles. The molecule has 1 aromatic rings. The second-order valence-electron chi connectivity index (χ2n) is 4.16. The first-order valence-electron chi connectivity index (χ1n) is 6.06. The van der Waals surface area contributed by atoms with Crippen LogP contribution in [0.3, 0.4) is 0 Å². The van der Waals surface area contributed by atoms with Crippen LogP contribution in [0.25, 0.3) is 0 Å². The summed E-state index contributed by atoms with van der Waals surface area (Å²) in [4.78, 5) is 6.68. The van der Waals surface area contributed by atoms with E-state index in [4.69, 9.17) is 0 Å². The van der Waals surface area contributed by atoms with E-state index in [0.717, 1.165) is 25.3 Å². The molecule has 0 aromatic carbocycles. The number of anilines is 1. The number of hydrogen-bond donors (Lipinski definition) is 1. The molecule has 1 heterocycles. The molecule has 0 aliphatic carbocycles. The van der Waals surface area contributed by atoms with Crippen molar-refractivity contribution < 1.29 is 0 Å². The lowest BCUT2D eigenvalue weighted by atomic mass is 10.2.